The predicted octanol–water partition coefficient (Wildman–Crippen LogP) is 2.59. The van der Waals surface area contributed by atoms with Gasteiger partial charge in [0, 0.05) is 24.2 Å². The third-order valence-corrected chi connectivity index (χ3v) is 4.12. The molecule has 2 rings (SSSR count). The Morgan fingerprint density at radius 1 is 1.41 bits per heavy atom. The second kappa shape index (κ2) is 3.76. The van der Waals surface area contributed by atoms with Crippen LogP contribution in [0.5, 0.6) is 0 Å². The highest BCUT2D eigenvalue weighted by Gasteiger charge is 2.40. The lowest BCUT2D eigenvalue weighted by Crippen LogP contribution is -2.36. The molecule has 0 fully saturated rings. The fraction of sp³-hybridized carbons (Fsp3) is 0.500. The van der Waals surface area contributed by atoms with Gasteiger partial charge in [0.2, 0.25) is 0 Å². The molecule has 0 saturated heterocycles. The summed E-state index contributed by atoms with van der Waals surface area (Å²) in [6, 6.07) is 6.22. The Morgan fingerprint density at radius 2 is 2.06 bits per heavy atom. The number of nitrogens with zero attached hydrogens (tertiary/aromatic N) is 1. The van der Waals surface area contributed by atoms with Gasteiger partial charge in [0.1, 0.15) is 0 Å². The van der Waals surface area contributed by atoms with E-state index in [-0.39, 0.29) is 11.4 Å². The summed E-state index contributed by atoms with van der Waals surface area (Å²) in [7, 11) is 3.51. The largest absolute Gasteiger partial charge is 0.465 e. The van der Waals surface area contributed by atoms with Crippen molar-refractivity contribution in [2.75, 3.05) is 19.1 Å². The molecule has 0 N–H and O–H groups in total. The van der Waals surface area contributed by atoms with E-state index in [1.807, 2.05) is 18.2 Å². The number of ether oxygens (including phenoxy) is 1. The molecule has 0 aliphatic carbocycles. The highest BCUT2D eigenvalue weighted by Crippen LogP contribution is 2.44. The molecule has 3 heteroatoms. The van der Waals surface area contributed by atoms with Crippen LogP contribution in [0.3, 0.4) is 0 Å². The summed E-state index contributed by atoms with van der Waals surface area (Å²) in [6.07, 6.45) is 0. The normalized spacial score (nSPS) is 21.2. The van der Waals surface area contributed by atoms with E-state index in [9.17, 15) is 4.79 Å². The lowest BCUT2D eigenvalue weighted by Gasteiger charge is -2.28. The third kappa shape index (κ3) is 1.61. The Labute approximate surface area is 102 Å². The maximum Gasteiger partial charge on any atom is 0.337 e. The summed E-state index contributed by atoms with van der Waals surface area (Å²) < 4.78 is 4.77. The molecule has 1 aromatic carbocycles. The average molecular weight is 233 g/mol. The monoisotopic (exact) mass is 233 g/mol. The first-order valence-corrected chi connectivity index (χ1v) is 5.85. The van der Waals surface area contributed by atoms with Crippen molar-refractivity contribution in [1.82, 2.24) is 0 Å². The zero-order valence-corrected chi connectivity index (χ0v) is 11.1. The standard InChI is InChI=1S/C14H19NO2/c1-9-14(2,3)11-8-10(13(16)17-5)6-7-12(11)15(9)4/h6-9H,1-5H3. The van der Waals surface area contributed by atoms with Crippen LogP contribution in [0, 0.1) is 0 Å². The molecule has 92 valence electrons. The topological polar surface area (TPSA) is 29.5 Å². The highest BCUT2D eigenvalue weighted by atomic mass is 16.5. The van der Waals surface area contributed by atoms with Crippen LogP contribution in [0.1, 0.15) is 36.7 Å². The van der Waals surface area contributed by atoms with Gasteiger partial charge in [-0.3, -0.25) is 0 Å². The molecule has 1 unspecified atom stereocenters. The minimum absolute atomic E-state index is 0.0497. The number of carbonyl (C=O) groups excluding carboxylic acids is 1. The summed E-state index contributed by atoms with van der Waals surface area (Å²) in [6.45, 7) is 6.62. The van der Waals surface area contributed by atoms with Crippen molar-refractivity contribution in [3.63, 3.8) is 0 Å². The number of esters is 1. The first-order valence-electron chi connectivity index (χ1n) is 5.85. The van der Waals surface area contributed by atoms with E-state index in [4.69, 9.17) is 4.74 Å². The van der Waals surface area contributed by atoms with Gasteiger partial charge in [-0.1, -0.05) is 13.8 Å². The number of methoxy groups -OCH3 is 1. The molecular formula is C14H19NO2. The molecule has 3 nitrogen and oxygen atoms in total. The van der Waals surface area contributed by atoms with E-state index in [1.165, 1.54) is 18.4 Å². The van der Waals surface area contributed by atoms with Crippen LogP contribution in [0.4, 0.5) is 5.69 Å². The van der Waals surface area contributed by atoms with E-state index in [0.29, 0.717) is 11.6 Å². The minimum atomic E-state index is -0.272. The van der Waals surface area contributed by atoms with Gasteiger partial charge in [0.15, 0.2) is 0 Å². The van der Waals surface area contributed by atoms with Crippen molar-refractivity contribution in [1.29, 1.82) is 0 Å². The SMILES string of the molecule is COC(=O)c1ccc2c(c1)C(C)(C)C(C)N2C. The first kappa shape index (κ1) is 12.0. The number of carbonyl (C=O) groups is 1. The van der Waals surface area contributed by atoms with Crippen LogP contribution >= 0.6 is 0 Å². The van der Waals surface area contributed by atoms with E-state index in [0.717, 1.165) is 0 Å². The molecule has 1 aliphatic heterocycles. The number of rotatable bonds is 1. The Kier molecular flexibility index (Phi) is 2.64. The van der Waals surface area contributed by atoms with Crippen molar-refractivity contribution in [2.45, 2.75) is 32.2 Å². The van der Waals surface area contributed by atoms with Gasteiger partial charge in [-0.05, 0) is 30.7 Å². The van der Waals surface area contributed by atoms with E-state index < -0.39 is 0 Å². The maximum absolute atomic E-state index is 11.6. The Bertz CT molecular complexity index is 465. The predicted molar refractivity (Wildman–Crippen MR) is 68.7 cm³/mol. The lowest BCUT2D eigenvalue weighted by molar-refractivity contribution is 0.0600. The molecular weight excluding hydrogens is 214 g/mol. The molecule has 1 aliphatic rings. The Hall–Kier alpha value is -1.51. The summed E-state index contributed by atoms with van der Waals surface area (Å²) in [5.41, 5.74) is 3.10. The van der Waals surface area contributed by atoms with E-state index >= 15 is 0 Å². The number of fused-ring (bicyclic) bond motifs is 1. The number of hydrogen-bond acceptors (Lipinski definition) is 3. The smallest absolute Gasteiger partial charge is 0.337 e. The maximum atomic E-state index is 11.6. The summed E-state index contributed by atoms with van der Waals surface area (Å²) in [5, 5.41) is 0. The number of hydrogen-bond donors (Lipinski definition) is 0. The van der Waals surface area contributed by atoms with E-state index in [2.05, 4.69) is 32.7 Å². The second-order valence-electron chi connectivity index (χ2n) is 5.23. The van der Waals surface area contributed by atoms with Crippen molar-refractivity contribution in [2.24, 2.45) is 0 Å². The van der Waals surface area contributed by atoms with Crippen LogP contribution in [0.2, 0.25) is 0 Å². The number of anilines is 1. The second-order valence-corrected chi connectivity index (χ2v) is 5.23. The van der Waals surface area contributed by atoms with Crippen LogP contribution in [0.15, 0.2) is 18.2 Å². The summed E-state index contributed by atoms with van der Waals surface area (Å²) in [4.78, 5) is 13.8. The van der Waals surface area contributed by atoms with Gasteiger partial charge in [-0.25, -0.2) is 4.79 Å². The summed E-state index contributed by atoms with van der Waals surface area (Å²) in [5.74, 6) is -0.272. The zero-order valence-electron chi connectivity index (χ0n) is 11.1. The molecule has 0 aromatic heterocycles. The Morgan fingerprint density at radius 3 is 2.65 bits per heavy atom. The minimum Gasteiger partial charge on any atom is -0.465 e. The molecule has 0 radical (unpaired) electrons. The van der Waals surface area contributed by atoms with Gasteiger partial charge in [0.25, 0.3) is 0 Å². The van der Waals surface area contributed by atoms with Crippen LogP contribution in [-0.4, -0.2) is 26.2 Å². The Balaban J connectivity index is 2.54. The van der Waals surface area contributed by atoms with Gasteiger partial charge in [0.05, 0.1) is 12.7 Å². The molecule has 1 atom stereocenters. The summed E-state index contributed by atoms with van der Waals surface area (Å²) >= 11 is 0. The number of likely N-dealkylation sites (N-methyl/N-ethyl adjacent to an activating group) is 1. The quantitative estimate of drug-likeness (QED) is 0.698. The van der Waals surface area contributed by atoms with Crippen molar-refractivity contribution in [3.05, 3.63) is 29.3 Å². The fourth-order valence-corrected chi connectivity index (χ4v) is 2.52. The van der Waals surface area contributed by atoms with Crippen molar-refractivity contribution < 1.29 is 9.53 Å². The van der Waals surface area contributed by atoms with Gasteiger partial charge in [-0.2, -0.15) is 0 Å². The molecule has 0 amide bonds. The lowest BCUT2D eigenvalue weighted by atomic mass is 9.81. The van der Waals surface area contributed by atoms with Crippen LogP contribution in [0.25, 0.3) is 0 Å². The van der Waals surface area contributed by atoms with Crippen LogP contribution in [-0.2, 0) is 10.2 Å². The third-order valence-electron chi connectivity index (χ3n) is 4.12. The first-order chi connectivity index (χ1) is 7.89. The van der Waals surface area contributed by atoms with Crippen molar-refractivity contribution >= 4 is 11.7 Å². The zero-order chi connectivity index (χ0) is 12.8. The molecule has 1 heterocycles. The highest BCUT2D eigenvalue weighted by molar-refractivity contribution is 5.90. The van der Waals surface area contributed by atoms with E-state index in [1.54, 1.807) is 0 Å². The molecule has 0 saturated carbocycles. The molecule has 0 bridgehead atoms. The number of benzene rings is 1. The fourth-order valence-electron chi connectivity index (χ4n) is 2.52. The van der Waals surface area contributed by atoms with Crippen LogP contribution < -0.4 is 4.90 Å². The van der Waals surface area contributed by atoms with Gasteiger partial charge in [-0.15, -0.1) is 0 Å². The van der Waals surface area contributed by atoms with Gasteiger partial charge >= 0.3 is 5.97 Å². The molecule has 0 spiro atoms. The molecule has 1 aromatic rings. The van der Waals surface area contributed by atoms with Crippen molar-refractivity contribution in [3.8, 4) is 0 Å². The molecule has 17 heavy (non-hydrogen) atoms. The average Bonchev–Trinajstić information content (AvgIpc) is 2.50. The van der Waals surface area contributed by atoms with Gasteiger partial charge < -0.3 is 9.64 Å².